The van der Waals surface area contributed by atoms with Gasteiger partial charge in [-0.15, -0.1) is 6.58 Å². The molecular weight excluding hydrogens is 354 g/mol. The Labute approximate surface area is 135 Å². The number of rotatable bonds is 6. The van der Waals surface area contributed by atoms with Crippen molar-refractivity contribution in [3.8, 4) is 11.5 Å². The van der Waals surface area contributed by atoms with E-state index in [9.17, 15) is 9.59 Å². The van der Waals surface area contributed by atoms with Crippen molar-refractivity contribution in [1.29, 1.82) is 0 Å². The van der Waals surface area contributed by atoms with Crippen LogP contribution in [0.1, 0.15) is 12.0 Å². The van der Waals surface area contributed by atoms with Crippen molar-refractivity contribution in [3.63, 3.8) is 0 Å². The van der Waals surface area contributed by atoms with Crippen LogP contribution in [0.25, 0.3) is 0 Å². The van der Waals surface area contributed by atoms with Gasteiger partial charge in [0.15, 0.2) is 11.5 Å². The monoisotopic (exact) mass is 367 g/mol. The maximum Gasteiger partial charge on any atom is 0.249 e. The third-order valence-corrected chi connectivity index (χ3v) is 3.34. The fourth-order valence-corrected chi connectivity index (χ4v) is 2.06. The van der Waals surface area contributed by atoms with Crippen molar-refractivity contribution in [3.05, 3.63) is 34.8 Å². The Morgan fingerprint density at radius 2 is 2.05 bits per heavy atom. The van der Waals surface area contributed by atoms with Crippen LogP contribution < -0.4 is 20.2 Å². The summed E-state index contributed by atoms with van der Waals surface area (Å²) in [5, 5.41) is 6.31. The Balaban J connectivity index is 1.88. The van der Waals surface area contributed by atoms with Gasteiger partial charge in [0, 0.05) is 16.6 Å². The molecule has 0 fully saturated rings. The Hall–Kier alpha value is -2.35. The van der Waals surface area contributed by atoms with Crippen molar-refractivity contribution >= 4 is 34.0 Å². The first-order valence-electron chi connectivity index (χ1n) is 6.39. The molecule has 0 saturated heterocycles. The summed E-state index contributed by atoms with van der Waals surface area (Å²) in [6.45, 7) is 3.96. The van der Waals surface area contributed by atoms with Crippen LogP contribution in [0, 0.1) is 0 Å². The standard InChI is InChI=1S/C14H14BrN3O4/c1-2-3-16-13(19)6-14(20)18-17-7-9-4-11-12(5-10(9)15)22-8-21-11/h2,4-5,7H,1,3,6,8H2,(H,16,19)(H,18,20)/b17-7+. The smallest absolute Gasteiger partial charge is 0.249 e. The zero-order valence-corrected chi connectivity index (χ0v) is 13.2. The lowest BCUT2D eigenvalue weighted by atomic mass is 10.2. The highest BCUT2D eigenvalue weighted by Crippen LogP contribution is 2.36. The van der Waals surface area contributed by atoms with E-state index in [4.69, 9.17) is 9.47 Å². The molecule has 0 atom stereocenters. The predicted molar refractivity (Wildman–Crippen MR) is 83.8 cm³/mol. The summed E-state index contributed by atoms with van der Waals surface area (Å²) < 4.78 is 11.2. The average Bonchev–Trinajstić information content (AvgIpc) is 2.92. The van der Waals surface area contributed by atoms with Crippen LogP contribution in [0.5, 0.6) is 11.5 Å². The Kier molecular flexibility index (Phi) is 5.54. The first-order chi connectivity index (χ1) is 10.6. The molecule has 1 aromatic rings. The quantitative estimate of drug-likeness (QED) is 0.343. The maximum absolute atomic E-state index is 11.5. The number of hydrogen-bond donors (Lipinski definition) is 2. The van der Waals surface area contributed by atoms with E-state index in [-0.39, 0.29) is 13.2 Å². The minimum absolute atomic E-state index is 0.179. The molecular formula is C14H14BrN3O4. The molecule has 1 aliphatic heterocycles. The summed E-state index contributed by atoms with van der Waals surface area (Å²) in [5.41, 5.74) is 2.99. The summed E-state index contributed by atoms with van der Waals surface area (Å²) >= 11 is 3.37. The minimum atomic E-state index is -0.505. The molecule has 7 nitrogen and oxygen atoms in total. The molecule has 2 rings (SSSR count). The molecule has 8 heteroatoms. The van der Waals surface area contributed by atoms with Gasteiger partial charge >= 0.3 is 0 Å². The van der Waals surface area contributed by atoms with Crippen molar-refractivity contribution in [2.75, 3.05) is 13.3 Å². The maximum atomic E-state index is 11.5. The molecule has 1 aromatic carbocycles. The molecule has 2 amide bonds. The number of hydrogen-bond acceptors (Lipinski definition) is 5. The Bertz CT molecular complexity index is 631. The van der Waals surface area contributed by atoms with Gasteiger partial charge in [0.05, 0.1) is 6.21 Å². The van der Waals surface area contributed by atoms with Crippen LogP contribution >= 0.6 is 15.9 Å². The van der Waals surface area contributed by atoms with Crippen molar-refractivity contribution < 1.29 is 19.1 Å². The third-order valence-electron chi connectivity index (χ3n) is 2.65. The first kappa shape index (κ1) is 16.0. The van der Waals surface area contributed by atoms with Crippen molar-refractivity contribution in [2.45, 2.75) is 6.42 Å². The van der Waals surface area contributed by atoms with Gasteiger partial charge in [-0.25, -0.2) is 5.43 Å². The molecule has 0 spiro atoms. The van der Waals surface area contributed by atoms with Crippen LogP contribution in [-0.2, 0) is 9.59 Å². The summed E-state index contributed by atoms with van der Waals surface area (Å²) in [4.78, 5) is 22.8. The van der Waals surface area contributed by atoms with Crippen molar-refractivity contribution in [2.24, 2.45) is 5.10 Å². The molecule has 116 valence electrons. The van der Waals surface area contributed by atoms with E-state index < -0.39 is 11.8 Å². The number of halogens is 1. The average molecular weight is 368 g/mol. The number of nitrogens with one attached hydrogen (secondary N) is 2. The third kappa shape index (κ3) is 4.32. The molecule has 1 aliphatic rings. The topological polar surface area (TPSA) is 89.0 Å². The lowest BCUT2D eigenvalue weighted by Gasteiger charge is -2.02. The van der Waals surface area contributed by atoms with Crippen LogP contribution in [0.4, 0.5) is 0 Å². The lowest BCUT2D eigenvalue weighted by molar-refractivity contribution is -0.129. The van der Waals surface area contributed by atoms with Gasteiger partial charge in [-0.05, 0) is 28.1 Å². The minimum Gasteiger partial charge on any atom is -0.454 e. The summed E-state index contributed by atoms with van der Waals surface area (Å²) in [6, 6.07) is 3.49. The van der Waals surface area contributed by atoms with E-state index in [0.717, 1.165) is 4.47 Å². The highest BCUT2D eigenvalue weighted by molar-refractivity contribution is 9.10. The molecule has 1 heterocycles. The molecule has 2 N–H and O–H groups in total. The normalized spacial score (nSPS) is 12.2. The van der Waals surface area contributed by atoms with Crippen LogP contribution in [0.3, 0.4) is 0 Å². The molecule has 0 radical (unpaired) electrons. The predicted octanol–water partition coefficient (Wildman–Crippen LogP) is 1.32. The van der Waals surface area contributed by atoms with Crippen LogP contribution in [-0.4, -0.2) is 31.4 Å². The van der Waals surface area contributed by atoms with E-state index in [1.165, 1.54) is 12.3 Å². The van der Waals surface area contributed by atoms with Gasteiger partial charge in [0.1, 0.15) is 6.42 Å². The molecule has 0 saturated carbocycles. The van der Waals surface area contributed by atoms with Gasteiger partial charge in [-0.3, -0.25) is 9.59 Å². The number of fused-ring (bicyclic) bond motifs is 1. The number of carbonyl (C=O) groups is 2. The van der Waals surface area contributed by atoms with Gasteiger partial charge in [0.25, 0.3) is 0 Å². The van der Waals surface area contributed by atoms with Gasteiger partial charge in [-0.1, -0.05) is 6.08 Å². The molecule has 0 aliphatic carbocycles. The first-order valence-corrected chi connectivity index (χ1v) is 7.18. The molecule has 0 unspecified atom stereocenters. The second-order valence-electron chi connectivity index (χ2n) is 4.29. The van der Waals surface area contributed by atoms with E-state index in [1.54, 1.807) is 12.1 Å². The zero-order chi connectivity index (χ0) is 15.9. The SMILES string of the molecule is C=CCNC(=O)CC(=O)N/N=C/c1cc2c(cc1Br)OCO2. The zero-order valence-electron chi connectivity index (χ0n) is 11.6. The molecule has 0 bridgehead atoms. The largest absolute Gasteiger partial charge is 0.454 e. The second kappa shape index (κ2) is 7.60. The molecule has 22 heavy (non-hydrogen) atoms. The fourth-order valence-electron chi connectivity index (χ4n) is 1.64. The highest BCUT2D eigenvalue weighted by atomic mass is 79.9. The van der Waals surface area contributed by atoms with Gasteiger partial charge in [-0.2, -0.15) is 5.10 Å². The number of amides is 2. The summed E-state index contributed by atoms with van der Waals surface area (Å²) in [5.74, 6) is 0.360. The summed E-state index contributed by atoms with van der Waals surface area (Å²) in [7, 11) is 0. The van der Waals surface area contributed by atoms with E-state index in [2.05, 4.69) is 38.4 Å². The number of nitrogens with zero attached hydrogens (tertiary/aromatic N) is 1. The van der Waals surface area contributed by atoms with E-state index in [0.29, 0.717) is 23.6 Å². The number of carbonyl (C=O) groups excluding carboxylic acids is 2. The van der Waals surface area contributed by atoms with E-state index in [1.807, 2.05) is 0 Å². The second-order valence-corrected chi connectivity index (χ2v) is 5.14. The number of benzene rings is 1. The number of hydrazone groups is 1. The van der Waals surface area contributed by atoms with Gasteiger partial charge in [0.2, 0.25) is 18.6 Å². The summed E-state index contributed by atoms with van der Waals surface area (Å²) in [6.07, 6.45) is 2.68. The fraction of sp³-hybridized carbons (Fsp3) is 0.214. The van der Waals surface area contributed by atoms with Crippen LogP contribution in [0.2, 0.25) is 0 Å². The van der Waals surface area contributed by atoms with Crippen molar-refractivity contribution in [1.82, 2.24) is 10.7 Å². The lowest BCUT2D eigenvalue weighted by Crippen LogP contribution is -2.29. The van der Waals surface area contributed by atoms with E-state index >= 15 is 0 Å². The number of ether oxygens (including phenoxy) is 2. The Morgan fingerprint density at radius 1 is 1.32 bits per heavy atom. The Morgan fingerprint density at radius 3 is 2.77 bits per heavy atom. The molecule has 0 aromatic heterocycles. The van der Waals surface area contributed by atoms with Crippen LogP contribution in [0.15, 0.2) is 34.4 Å². The van der Waals surface area contributed by atoms with Gasteiger partial charge < -0.3 is 14.8 Å². The highest BCUT2D eigenvalue weighted by Gasteiger charge is 2.15.